The molecule has 0 aliphatic carbocycles. The molecule has 4 aromatic rings. The van der Waals surface area contributed by atoms with Crippen LogP contribution in [0.3, 0.4) is 0 Å². The fourth-order valence-electron chi connectivity index (χ4n) is 4.61. The summed E-state index contributed by atoms with van der Waals surface area (Å²) < 4.78 is 3.58. The number of rotatable bonds is 4. The van der Waals surface area contributed by atoms with Crippen LogP contribution in [-0.2, 0) is 13.0 Å². The molecule has 6 rings (SSSR count). The Labute approximate surface area is 167 Å². The predicted octanol–water partition coefficient (Wildman–Crippen LogP) is 1.69. The Hall–Kier alpha value is -3.19. The fourth-order valence-corrected chi connectivity index (χ4v) is 4.61. The highest BCUT2D eigenvalue weighted by molar-refractivity contribution is 5.93. The van der Waals surface area contributed by atoms with Crippen molar-refractivity contribution < 1.29 is 0 Å². The normalized spacial score (nSPS) is 20.9. The molecular formula is C22H22N6O. The molecule has 2 aliphatic heterocycles. The first-order chi connectivity index (χ1) is 14.3. The molecule has 0 spiro atoms. The lowest BCUT2D eigenvalue weighted by molar-refractivity contribution is 0.297. The molecule has 29 heavy (non-hydrogen) atoms. The largest absolute Gasteiger partial charge is 0.369 e. The zero-order chi connectivity index (χ0) is 19.4. The van der Waals surface area contributed by atoms with Crippen molar-refractivity contribution in [1.82, 2.24) is 24.5 Å². The summed E-state index contributed by atoms with van der Waals surface area (Å²) in [4.78, 5) is 20.3. The predicted molar refractivity (Wildman–Crippen MR) is 112 cm³/mol. The molecule has 0 bridgehead atoms. The number of fused-ring (bicyclic) bond motifs is 3. The van der Waals surface area contributed by atoms with E-state index < -0.39 is 0 Å². The number of aryl methyl sites for hydroxylation is 2. The number of benzene rings is 1. The maximum atomic E-state index is 13.3. The summed E-state index contributed by atoms with van der Waals surface area (Å²) in [7, 11) is 0. The molecule has 1 aromatic carbocycles. The zero-order valence-corrected chi connectivity index (χ0v) is 16.0. The van der Waals surface area contributed by atoms with Crippen LogP contribution >= 0.6 is 0 Å². The smallest absolute Gasteiger partial charge is 0.276 e. The number of imidazole rings is 1. The highest BCUT2D eigenvalue weighted by Gasteiger charge is 2.39. The summed E-state index contributed by atoms with van der Waals surface area (Å²) >= 11 is 0. The van der Waals surface area contributed by atoms with E-state index in [0.29, 0.717) is 24.9 Å². The summed E-state index contributed by atoms with van der Waals surface area (Å²) in [5.74, 6) is 0.698. The van der Waals surface area contributed by atoms with Crippen LogP contribution < -0.4 is 15.8 Å². The van der Waals surface area contributed by atoms with Crippen molar-refractivity contribution >= 4 is 22.1 Å². The Kier molecular flexibility index (Phi) is 3.70. The van der Waals surface area contributed by atoms with Crippen molar-refractivity contribution in [3.63, 3.8) is 0 Å². The first kappa shape index (κ1) is 16.7. The molecule has 7 heteroatoms. The van der Waals surface area contributed by atoms with Crippen LogP contribution in [0.25, 0.3) is 16.4 Å². The SMILES string of the molecule is O=c1c2c(N3C[C@@H]4CN[C@@H]4C3)cccc2cnn1CCc1cn2ccccc2n1. The van der Waals surface area contributed by atoms with Gasteiger partial charge < -0.3 is 14.6 Å². The van der Waals surface area contributed by atoms with Crippen LogP contribution in [0.5, 0.6) is 0 Å². The van der Waals surface area contributed by atoms with E-state index in [2.05, 4.69) is 26.4 Å². The summed E-state index contributed by atoms with van der Waals surface area (Å²) in [6.45, 7) is 3.57. The average molecular weight is 386 g/mol. The molecule has 0 saturated carbocycles. The van der Waals surface area contributed by atoms with Gasteiger partial charge in [0, 0.05) is 55.8 Å². The summed E-state index contributed by atoms with van der Waals surface area (Å²) in [5, 5.41) is 9.59. The molecular weight excluding hydrogens is 364 g/mol. The van der Waals surface area contributed by atoms with Gasteiger partial charge in [0.2, 0.25) is 0 Å². The van der Waals surface area contributed by atoms with Crippen molar-refractivity contribution in [3.05, 3.63) is 71.0 Å². The lowest BCUT2D eigenvalue weighted by atomic mass is 9.96. The second kappa shape index (κ2) is 6.42. The Balaban J connectivity index is 1.33. The molecule has 2 atom stereocenters. The summed E-state index contributed by atoms with van der Waals surface area (Å²) in [6, 6.07) is 12.6. The molecule has 2 aliphatic rings. The van der Waals surface area contributed by atoms with Gasteiger partial charge >= 0.3 is 0 Å². The average Bonchev–Trinajstić information content (AvgIpc) is 3.27. The lowest BCUT2D eigenvalue weighted by Gasteiger charge is -2.29. The first-order valence-corrected chi connectivity index (χ1v) is 10.2. The number of nitrogens with one attached hydrogen (secondary N) is 1. The lowest BCUT2D eigenvalue weighted by Crippen LogP contribution is -2.51. The van der Waals surface area contributed by atoms with E-state index in [1.54, 1.807) is 4.68 Å². The van der Waals surface area contributed by atoms with Gasteiger partial charge in [-0.05, 0) is 18.2 Å². The molecule has 0 radical (unpaired) electrons. The van der Waals surface area contributed by atoms with Crippen LogP contribution in [0.15, 0.2) is 59.8 Å². The van der Waals surface area contributed by atoms with Gasteiger partial charge in [0.25, 0.3) is 5.56 Å². The van der Waals surface area contributed by atoms with Crippen LogP contribution in [-0.4, -0.2) is 44.8 Å². The second-order valence-electron chi connectivity index (χ2n) is 8.04. The fraction of sp³-hybridized carbons (Fsp3) is 0.318. The van der Waals surface area contributed by atoms with E-state index in [0.717, 1.165) is 47.4 Å². The zero-order valence-electron chi connectivity index (χ0n) is 16.0. The van der Waals surface area contributed by atoms with Crippen molar-refractivity contribution in [2.75, 3.05) is 24.5 Å². The van der Waals surface area contributed by atoms with Crippen molar-refractivity contribution in [2.45, 2.75) is 19.0 Å². The minimum absolute atomic E-state index is 0.0194. The van der Waals surface area contributed by atoms with E-state index in [1.165, 1.54) is 0 Å². The number of aromatic nitrogens is 4. The Morgan fingerprint density at radius 3 is 2.90 bits per heavy atom. The van der Waals surface area contributed by atoms with E-state index in [4.69, 9.17) is 0 Å². The molecule has 0 unspecified atom stereocenters. The number of hydrogen-bond acceptors (Lipinski definition) is 5. The van der Waals surface area contributed by atoms with Crippen LogP contribution in [0, 0.1) is 5.92 Å². The van der Waals surface area contributed by atoms with E-state index >= 15 is 0 Å². The van der Waals surface area contributed by atoms with E-state index in [9.17, 15) is 4.79 Å². The molecule has 0 amide bonds. The maximum absolute atomic E-state index is 13.3. The molecule has 5 heterocycles. The van der Waals surface area contributed by atoms with Gasteiger partial charge in [-0.2, -0.15) is 5.10 Å². The number of nitrogens with zero attached hydrogens (tertiary/aromatic N) is 5. The van der Waals surface area contributed by atoms with Gasteiger partial charge in [-0.15, -0.1) is 0 Å². The van der Waals surface area contributed by atoms with Gasteiger partial charge in [0.15, 0.2) is 0 Å². The van der Waals surface area contributed by atoms with Gasteiger partial charge in [-0.3, -0.25) is 4.79 Å². The first-order valence-electron chi connectivity index (χ1n) is 10.2. The molecule has 3 aromatic heterocycles. The number of pyridine rings is 1. The van der Waals surface area contributed by atoms with Crippen molar-refractivity contribution in [2.24, 2.45) is 5.92 Å². The second-order valence-corrected chi connectivity index (χ2v) is 8.04. The third kappa shape index (κ3) is 2.73. The maximum Gasteiger partial charge on any atom is 0.276 e. The molecule has 7 nitrogen and oxygen atoms in total. The Morgan fingerprint density at radius 1 is 1.14 bits per heavy atom. The van der Waals surface area contributed by atoms with E-state index in [1.807, 2.05) is 53.3 Å². The Morgan fingerprint density at radius 2 is 2.10 bits per heavy atom. The molecule has 1 N–H and O–H groups in total. The van der Waals surface area contributed by atoms with Crippen molar-refractivity contribution in [3.8, 4) is 0 Å². The Bertz CT molecular complexity index is 1230. The topological polar surface area (TPSA) is 67.5 Å². The standard InChI is InChI=1S/C22H22N6O/c29-22-21-15(4-3-5-19(21)27-12-16-10-23-18(16)14-27)11-24-28(22)9-7-17-13-26-8-2-1-6-20(26)25-17/h1-6,8,11,13,16,18,23H,7,9-10,12,14H2/t16-,18+/m0/s1. The van der Waals surface area contributed by atoms with Gasteiger partial charge in [-0.1, -0.05) is 18.2 Å². The highest BCUT2D eigenvalue weighted by atomic mass is 16.1. The van der Waals surface area contributed by atoms with E-state index in [-0.39, 0.29) is 5.56 Å². The molecule has 2 fully saturated rings. The quantitative estimate of drug-likeness (QED) is 0.578. The minimum Gasteiger partial charge on any atom is -0.369 e. The number of hydrogen-bond donors (Lipinski definition) is 1. The number of anilines is 1. The third-order valence-corrected chi connectivity index (χ3v) is 6.28. The highest BCUT2D eigenvalue weighted by Crippen LogP contribution is 2.31. The van der Waals surface area contributed by atoms with Crippen LogP contribution in [0.2, 0.25) is 0 Å². The minimum atomic E-state index is -0.0194. The van der Waals surface area contributed by atoms with Gasteiger partial charge in [-0.25, -0.2) is 9.67 Å². The van der Waals surface area contributed by atoms with Crippen LogP contribution in [0.4, 0.5) is 5.69 Å². The molecule has 2 saturated heterocycles. The van der Waals surface area contributed by atoms with Gasteiger partial charge in [0.05, 0.1) is 29.5 Å². The third-order valence-electron chi connectivity index (χ3n) is 6.28. The van der Waals surface area contributed by atoms with Gasteiger partial charge in [0.1, 0.15) is 5.65 Å². The molecule has 146 valence electrons. The van der Waals surface area contributed by atoms with Crippen LogP contribution in [0.1, 0.15) is 5.69 Å². The van der Waals surface area contributed by atoms with Crippen molar-refractivity contribution in [1.29, 1.82) is 0 Å². The summed E-state index contributed by atoms with van der Waals surface area (Å²) in [5.41, 5.74) is 2.89. The summed E-state index contributed by atoms with van der Waals surface area (Å²) in [6.07, 6.45) is 6.48. The monoisotopic (exact) mass is 386 g/mol.